The zero-order valence-electron chi connectivity index (χ0n) is 5.35. The number of aromatic amines is 1. The monoisotopic (exact) mass is 184 g/mol. The van der Waals surface area contributed by atoms with Gasteiger partial charge in [0.2, 0.25) is 0 Å². The van der Waals surface area contributed by atoms with E-state index in [0.717, 1.165) is 12.1 Å². The number of hydrogen-bond donors (Lipinski definition) is 0. The fourth-order valence-electron chi connectivity index (χ4n) is 0.576. The van der Waals surface area contributed by atoms with E-state index in [0.29, 0.717) is 0 Å². The molecule has 0 fully saturated rings. The fourth-order valence-corrected chi connectivity index (χ4v) is 0.576. The summed E-state index contributed by atoms with van der Waals surface area (Å²) in [5.74, 6) is 0. The van der Waals surface area contributed by atoms with Crippen molar-refractivity contribution < 1.29 is 18.2 Å². The number of rotatable bonds is 0. The van der Waals surface area contributed by atoms with Crippen LogP contribution in [0.5, 0.6) is 0 Å². The molecule has 1 heterocycles. The maximum Gasteiger partial charge on any atom is 0.416 e. The molecule has 0 saturated carbocycles. The Morgan fingerprint density at radius 2 is 1.55 bits per heavy atom. The van der Waals surface area contributed by atoms with Crippen LogP contribution in [0, 0.1) is 0 Å². The number of nitrogens with one attached hydrogen (secondary N) is 1. The highest BCUT2D eigenvalue weighted by atomic mass is 35.5. The minimum Gasteiger partial charge on any atom is -0.218 e. The summed E-state index contributed by atoms with van der Waals surface area (Å²) >= 11 is 0. The first-order valence-corrected chi connectivity index (χ1v) is 2.64. The topological polar surface area (TPSA) is 14.1 Å². The molecule has 1 N–H and O–H groups in total. The molecule has 0 spiro atoms. The zero-order valence-corrected chi connectivity index (χ0v) is 6.17. The average Bonchev–Trinajstić information content (AvgIpc) is 1.88. The van der Waals surface area contributed by atoms with Crippen LogP contribution in [0.3, 0.4) is 0 Å². The third-order valence-electron chi connectivity index (χ3n) is 1.05. The smallest absolute Gasteiger partial charge is 0.218 e. The molecule has 0 unspecified atom stereocenters. The second-order valence-electron chi connectivity index (χ2n) is 1.79. The van der Waals surface area contributed by atoms with E-state index in [1.807, 2.05) is 0 Å². The van der Waals surface area contributed by atoms with Crippen LogP contribution in [0.1, 0.15) is 5.56 Å². The van der Waals surface area contributed by atoms with E-state index < -0.39 is 11.7 Å². The predicted octanol–water partition coefficient (Wildman–Crippen LogP) is 1.94. The maximum atomic E-state index is 11.8. The Bertz CT molecular complexity index is 209. The molecule has 1 aromatic heterocycles. The quantitative estimate of drug-likeness (QED) is 0.585. The summed E-state index contributed by atoms with van der Waals surface area (Å²) in [5.41, 5.74) is -0.633. The highest BCUT2D eigenvalue weighted by Crippen LogP contribution is 2.27. The Morgan fingerprint density at radius 3 is 1.82 bits per heavy atom. The first-order valence-electron chi connectivity index (χ1n) is 2.64. The summed E-state index contributed by atoms with van der Waals surface area (Å²) in [5, 5.41) is 0. The third kappa shape index (κ3) is 2.76. The van der Waals surface area contributed by atoms with Crippen LogP contribution in [0.25, 0.3) is 0 Å². The van der Waals surface area contributed by atoms with Gasteiger partial charge in [0.05, 0.1) is 5.56 Å². The molecule has 0 amide bonds. The Kier molecular flexibility index (Phi) is 3.32. The third-order valence-corrected chi connectivity index (χ3v) is 1.05. The predicted molar refractivity (Wildman–Crippen MR) is 35.2 cm³/mol. The largest absolute Gasteiger partial charge is 0.416 e. The number of pyridine rings is 1. The Hall–Kier alpha value is -0.770. The molecule has 0 aliphatic carbocycles. The molecule has 62 valence electrons. The van der Waals surface area contributed by atoms with Crippen LogP contribution < -0.4 is 4.98 Å². The van der Waals surface area contributed by atoms with Crippen molar-refractivity contribution in [3.05, 3.63) is 30.1 Å². The minimum atomic E-state index is -4.23. The van der Waals surface area contributed by atoms with Crippen LogP contribution in [0.4, 0.5) is 13.2 Å². The van der Waals surface area contributed by atoms with Gasteiger partial charge in [-0.25, -0.2) is 4.98 Å². The molecule has 1 aromatic rings. The second-order valence-corrected chi connectivity index (χ2v) is 1.79. The molecule has 0 saturated heterocycles. The molecule has 0 aromatic carbocycles. The van der Waals surface area contributed by atoms with Crippen molar-refractivity contribution in [1.29, 1.82) is 0 Å². The molecule has 5 heteroatoms. The first-order chi connectivity index (χ1) is 4.61. The highest BCUT2D eigenvalue weighted by molar-refractivity contribution is 5.85. The summed E-state index contributed by atoms with van der Waals surface area (Å²) in [4.78, 5) is 2.50. The lowest BCUT2D eigenvalue weighted by Crippen LogP contribution is -2.07. The van der Waals surface area contributed by atoms with Crippen LogP contribution >= 0.6 is 12.4 Å². The standard InChI is InChI=1S/C6H4F3N.ClH/c7-6(8,9)5-1-3-10-4-2-5;/h1-4H;1H/p+1. The lowest BCUT2D eigenvalue weighted by molar-refractivity contribution is -0.378. The summed E-state index contributed by atoms with van der Waals surface area (Å²) < 4.78 is 35.3. The van der Waals surface area contributed by atoms with Gasteiger partial charge in [0.25, 0.3) is 0 Å². The van der Waals surface area contributed by atoms with Crippen LogP contribution in [-0.2, 0) is 6.18 Å². The van der Waals surface area contributed by atoms with Crippen molar-refractivity contribution in [2.45, 2.75) is 6.18 Å². The molecule has 0 aliphatic heterocycles. The lowest BCUT2D eigenvalue weighted by atomic mass is 10.3. The van der Waals surface area contributed by atoms with Gasteiger partial charge in [0, 0.05) is 12.1 Å². The van der Waals surface area contributed by atoms with Crippen molar-refractivity contribution in [3.63, 3.8) is 0 Å². The van der Waals surface area contributed by atoms with E-state index in [9.17, 15) is 13.2 Å². The average molecular weight is 185 g/mol. The SMILES string of the molecule is Cl.FC(F)(F)c1cc[nH+]cc1. The van der Waals surface area contributed by atoms with Gasteiger partial charge in [-0.3, -0.25) is 0 Å². The summed E-state index contributed by atoms with van der Waals surface area (Å²) in [7, 11) is 0. The normalized spacial score (nSPS) is 10.5. The van der Waals surface area contributed by atoms with Crippen molar-refractivity contribution in [2.24, 2.45) is 0 Å². The van der Waals surface area contributed by atoms with Gasteiger partial charge in [-0.2, -0.15) is 13.2 Å². The van der Waals surface area contributed by atoms with Crippen LogP contribution in [0.2, 0.25) is 0 Å². The summed E-state index contributed by atoms with van der Waals surface area (Å²) in [6.45, 7) is 0. The van der Waals surface area contributed by atoms with E-state index in [1.165, 1.54) is 12.4 Å². The molecule has 0 radical (unpaired) electrons. The number of aromatic nitrogens is 1. The van der Waals surface area contributed by atoms with Crippen molar-refractivity contribution in [3.8, 4) is 0 Å². The summed E-state index contributed by atoms with van der Waals surface area (Å²) in [6.07, 6.45) is -1.75. The van der Waals surface area contributed by atoms with E-state index in [1.54, 1.807) is 0 Å². The van der Waals surface area contributed by atoms with E-state index in [-0.39, 0.29) is 12.4 Å². The van der Waals surface area contributed by atoms with E-state index >= 15 is 0 Å². The number of halogens is 4. The molecule has 0 bridgehead atoms. The number of hydrogen-bond acceptors (Lipinski definition) is 0. The van der Waals surface area contributed by atoms with Gasteiger partial charge in [0.1, 0.15) is 0 Å². The lowest BCUT2D eigenvalue weighted by Gasteiger charge is -2.01. The molecule has 0 aliphatic rings. The number of H-pyrrole nitrogens is 1. The van der Waals surface area contributed by atoms with Crippen molar-refractivity contribution >= 4 is 12.4 Å². The van der Waals surface area contributed by atoms with E-state index in [2.05, 4.69) is 4.98 Å². The second kappa shape index (κ2) is 3.57. The van der Waals surface area contributed by atoms with Crippen LogP contribution in [0.15, 0.2) is 24.5 Å². The fraction of sp³-hybridized carbons (Fsp3) is 0.167. The first kappa shape index (κ1) is 10.2. The van der Waals surface area contributed by atoms with E-state index in [4.69, 9.17) is 0 Å². The van der Waals surface area contributed by atoms with Crippen molar-refractivity contribution in [1.82, 2.24) is 0 Å². The van der Waals surface area contributed by atoms with Gasteiger partial charge in [-0.05, 0) is 0 Å². The molecular weight excluding hydrogens is 179 g/mol. The highest BCUT2D eigenvalue weighted by Gasteiger charge is 2.30. The molecule has 1 rings (SSSR count). The maximum absolute atomic E-state index is 11.8. The zero-order chi connectivity index (χ0) is 7.61. The van der Waals surface area contributed by atoms with Gasteiger partial charge in [-0.1, -0.05) is 0 Å². The molecule has 11 heavy (non-hydrogen) atoms. The van der Waals surface area contributed by atoms with Gasteiger partial charge >= 0.3 is 6.18 Å². The van der Waals surface area contributed by atoms with Gasteiger partial charge in [0.15, 0.2) is 12.4 Å². The minimum absolute atomic E-state index is 0. The summed E-state index contributed by atoms with van der Waals surface area (Å²) in [6, 6.07) is 1.97. The van der Waals surface area contributed by atoms with Crippen LogP contribution in [-0.4, -0.2) is 0 Å². The Morgan fingerprint density at radius 1 is 1.09 bits per heavy atom. The molecule has 0 atom stereocenters. The molecular formula is C6H6ClF3N+. The van der Waals surface area contributed by atoms with Crippen molar-refractivity contribution in [2.75, 3.05) is 0 Å². The van der Waals surface area contributed by atoms with Gasteiger partial charge < -0.3 is 0 Å². The number of alkyl halides is 3. The van der Waals surface area contributed by atoms with Gasteiger partial charge in [-0.15, -0.1) is 12.4 Å². The Labute approximate surface area is 67.7 Å². The Balaban J connectivity index is 0.000001000. The molecule has 1 nitrogen and oxygen atoms in total.